The summed E-state index contributed by atoms with van der Waals surface area (Å²) in [6.07, 6.45) is -0.113. The lowest BCUT2D eigenvalue weighted by molar-refractivity contribution is 0.174. The number of allylic oxidation sites excluding steroid dienone is 1. The maximum atomic E-state index is 12.5. The average molecular weight is 294 g/mol. The molecular formula is C10H9F3N2OS2. The first-order valence-electron chi connectivity index (χ1n) is 5.14. The van der Waals surface area contributed by atoms with Crippen molar-refractivity contribution in [2.75, 3.05) is 12.4 Å². The minimum Gasteiger partial charge on any atom is -0.395 e. The Morgan fingerprint density at radius 1 is 1.44 bits per heavy atom. The molecule has 0 atom stereocenters. The van der Waals surface area contributed by atoms with Crippen LogP contribution in [0.2, 0.25) is 0 Å². The first kappa shape index (κ1) is 13.4. The molecular weight excluding hydrogens is 285 g/mol. The van der Waals surface area contributed by atoms with Crippen molar-refractivity contribution in [1.82, 2.24) is 4.98 Å². The minimum atomic E-state index is -2.24. The number of oxime groups is 1. The second-order valence-electron chi connectivity index (χ2n) is 3.38. The summed E-state index contributed by atoms with van der Waals surface area (Å²) in [7, 11) is 0. The van der Waals surface area contributed by atoms with E-state index in [4.69, 9.17) is 4.84 Å². The Hall–Kier alpha value is -1.02. The summed E-state index contributed by atoms with van der Waals surface area (Å²) in [6.45, 7) is 0.571. The molecule has 0 radical (unpaired) electrons. The van der Waals surface area contributed by atoms with Crippen LogP contribution in [0.25, 0.3) is 0 Å². The van der Waals surface area contributed by atoms with Crippen LogP contribution in [-0.4, -0.2) is 23.1 Å². The summed E-state index contributed by atoms with van der Waals surface area (Å²) in [4.78, 5) is 9.91. The molecule has 3 nitrogen and oxygen atoms in total. The van der Waals surface area contributed by atoms with Crippen molar-refractivity contribution in [2.45, 2.75) is 17.2 Å². The van der Waals surface area contributed by atoms with Crippen LogP contribution in [0, 0.1) is 0 Å². The predicted molar refractivity (Wildman–Crippen MR) is 64.9 cm³/mol. The van der Waals surface area contributed by atoms with Gasteiger partial charge in [0, 0.05) is 24.8 Å². The molecule has 0 bridgehead atoms. The molecule has 8 heteroatoms. The van der Waals surface area contributed by atoms with Crippen molar-refractivity contribution in [3.8, 4) is 0 Å². The first-order valence-corrected chi connectivity index (χ1v) is 6.94. The van der Waals surface area contributed by atoms with Crippen molar-refractivity contribution < 1.29 is 18.0 Å². The standard InChI is InChI=1S/C10H9F3N2OS2/c11-6(9(12)13)2-4-17-10-14-5-8(18-10)7-1-3-16-15-7/h5H,1-4H2. The zero-order valence-corrected chi connectivity index (χ0v) is 10.8. The predicted octanol–water partition coefficient (Wildman–Crippen LogP) is 3.83. The number of hydrogen-bond acceptors (Lipinski definition) is 5. The van der Waals surface area contributed by atoms with E-state index in [0.717, 1.165) is 17.0 Å². The molecule has 0 N–H and O–H groups in total. The lowest BCUT2D eigenvalue weighted by atomic mass is 10.3. The average Bonchev–Trinajstić information content (AvgIpc) is 2.98. The fraction of sp³-hybridized carbons (Fsp3) is 0.400. The highest BCUT2D eigenvalue weighted by molar-refractivity contribution is 8.01. The van der Waals surface area contributed by atoms with Gasteiger partial charge in [-0.2, -0.15) is 8.78 Å². The van der Waals surface area contributed by atoms with E-state index in [9.17, 15) is 13.2 Å². The molecule has 0 aliphatic carbocycles. The number of aromatic nitrogens is 1. The van der Waals surface area contributed by atoms with Gasteiger partial charge in [0.25, 0.3) is 0 Å². The molecule has 0 saturated carbocycles. The molecule has 1 aromatic rings. The zero-order chi connectivity index (χ0) is 13.0. The van der Waals surface area contributed by atoms with E-state index >= 15 is 0 Å². The molecule has 0 aromatic carbocycles. The van der Waals surface area contributed by atoms with Crippen LogP contribution in [0.1, 0.15) is 17.7 Å². The van der Waals surface area contributed by atoms with Crippen LogP contribution in [-0.2, 0) is 4.84 Å². The number of halogens is 3. The highest BCUT2D eigenvalue weighted by Gasteiger charge is 2.14. The van der Waals surface area contributed by atoms with Crippen LogP contribution < -0.4 is 0 Å². The molecule has 1 aromatic heterocycles. The van der Waals surface area contributed by atoms with Crippen LogP contribution in [0.15, 0.2) is 27.6 Å². The Bertz CT molecular complexity index is 483. The third-order valence-electron chi connectivity index (χ3n) is 2.13. The maximum absolute atomic E-state index is 12.5. The summed E-state index contributed by atoms with van der Waals surface area (Å²) >= 11 is 2.66. The third kappa shape index (κ3) is 3.49. The quantitative estimate of drug-likeness (QED) is 0.774. The van der Waals surface area contributed by atoms with Crippen LogP contribution in [0.5, 0.6) is 0 Å². The van der Waals surface area contributed by atoms with E-state index in [-0.39, 0.29) is 12.2 Å². The van der Waals surface area contributed by atoms with Crippen molar-refractivity contribution in [2.24, 2.45) is 5.16 Å². The van der Waals surface area contributed by atoms with E-state index in [2.05, 4.69) is 10.1 Å². The van der Waals surface area contributed by atoms with Crippen LogP contribution >= 0.6 is 23.1 Å². The molecule has 98 valence electrons. The van der Waals surface area contributed by atoms with Gasteiger partial charge in [-0.1, -0.05) is 16.9 Å². The van der Waals surface area contributed by atoms with Gasteiger partial charge in [-0.3, -0.25) is 0 Å². The van der Waals surface area contributed by atoms with E-state index in [1.807, 2.05) is 0 Å². The van der Waals surface area contributed by atoms with Crippen molar-refractivity contribution in [3.63, 3.8) is 0 Å². The molecule has 0 saturated heterocycles. The van der Waals surface area contributed by atoms with Gasteiger partial charge in [-0.15, -0.1) is 11.3 Å². The molecule has 1 aliphatic rings. The van der Waals surface area contributed by atoms with Gasteiger partial charge in [0.1, 0.15) is 16.7 Å². The topological polar surface area (TPSA) is 34.5 Å². The van der Waals surface area contributed by atoms with E-state index in [1.54, 1.807) is 6.20 Å². The number of nitrogens with zero attached hydrogens (tertiary/aromatic N) is 2. The molecule has 0 unspecified atom stereocenters. The Kier molecular flexibility index (Phi) is 4.65. The van der Waals surface area contributed by atoms with Gasteiger partial charge in [0.15, 0.2) is 5.83 Å². The Labute approximate surface area is 110 Å². The lowest BCUT2D eigenvalue weighted by Gasteiger charge is -1.95. The first-order chi connectivity index (χ1) is 8.66. The number of rotatable bonds is 5. The van der Waals surface area contributed by atoms with Crippen molar-refractivity contribution in [1.29, 1.82) is 0 Å². The number of thiazole rings is 1. The van der Waals surface area contributed by atoms with E-state index < -0.39 is 11.9 Å². The van der Waals surface area contributed by atoms with Crippen LogP contribution in [0.3, 0.4) is 0 Å². The third-order valence-corrected chi connectivity index (χ3v) is 4.33. The fourth-order valence-corrected chi connectivity index (χ4v) is 3.25. The maximum Gasteiger partial charge on any atom is 0.301 e. The second kappa shape index (κ2) is 6.24. The van der Waals surface area contributed by atoms with Gasteiger partial charge in [-0.05, 0) is 0 Å². The molecule has 0 amide bonds. The second-order valence-corrected chi connectivity index (χ2v) is 5.75. The van der Waals surface area contributed by atoms with Crippen LogP contribution in [0.4, 0.5) is 13.2 Å². The minimum absolute atomic E-state index is 0.235. The highest BCUT2D eigenvalue weighted by Crippen LogP contribution is 2.28. The Balaban J connectivity index is 1.86. The van der Waals surface area contributed by atoms with E-state index in [0.29, 0.717) is 10.9 Å². The van der Waals surface area contributed by atoms with Crippen molar-refractivity contribution in [3.05, 3.63) is 23.0 Å². The van der Waals surface area contributed by atoms with Gasteiger partial charge in [0.2, 0.25) is 0 Å². The molecule has 2 heterocycles. The van der Waals surface area contributed by atoms with Crippen molar-refractivity contribution >= 4 is 28.8 Å². The highest BCUT2D eigenvalue weighted by atomic mass is 32.2. The van der Waals surface area contributed by atoms with Gasteiger partial charge in [0.05, 0.1) is 4.88 Å². The monoisotopic (exact) mass is 294 g/mol. The van der Waals surface area contributed by atoms with Gasteiger partial charge < -0.3 is 4.84 Å². The summed E-state index contributed by atoms with van der Waals surface area (Å²) in [5, 5.41) is 3.86. The molecule has 0 fully saturated rings. The van der Waals surface area contributed by atoms with E-state index in [1.165, 1.54) is 23.1 Å². The fourth-order valence-electron chi connectivity index (χ4n) is 1.26. The lowest BCUT2D eigenvalue weighted by Crippen LogP contribution is -1.92. The zero-order valence-electron chi connectivity index (χ0n) is 9.16. The SMILES string of the molecule is FC(F)=C(F)CCSc1ncc(C2=NOCC2)s1. The molecule has 18 heavy (non-hydrogen) atoms. The Morgan fingerprint density at radius 3 is 2.94 bits per heavy atom. The molecule has 1 aliphatic heterocycles. The molecule has 2 rings (SSSR count). The number of thioether (sulfide) groups is 1. The largest absolute Gasteiger partial charge is 0.395 e. The number of hydrogen-bond donors (Lipinski definition) is 0. The Morgan fingerprint density at radius 2 is 2.28 bits per heavy atom. The van der Waals surface area contributed by atoms with Gasteiger partial charge in [-0.25, -0.2) is 9.37 Å². The molecule has 0 spiro atoms. The smallest absolute Gasteiger partial charge is 0.301 e. The summed E-state index contributed by atoms with van der Waals surface area (Å²) in [5.41, 5.74) is 0.847. The summed E-state index contributed by atoms with van der Waals surface area (Å²) in [5.74, 6) is -1.12. The summed E-state index contributed by atoms with van der Waals surface area (Å²) in [6, 6.07) is 0. The summed E-state index contributed by atoms with van der Waals surface area (Å²) < 4.78 is 36.9. The van der Waals surface area contributed by atoms with Gasteiger partial charge >= 0.3 is 6.08 Å². The normalized spacial score (nSPS) is 14.3.